The van der Waals surface area contributed by atoms with Crippen molar-refractivity contribution in [3.05, 3.63) is 71.3 Å². The Balaban J connectivity index is 1.96. The van der Waals surface area contributed by atoms with Gasteiger partial charge in [0.15, 0.2) is 5.58 Å². The van der Waals surface area contributed by atoms with Gasteiger partial charge in [0.05, 0.1) is 5.69 Å². The maximum absolute atomic E-state index is 6.44. The Labute approximate surface area is 155 Å². The average molecular weight is 343 g/mol. The molecule has 0 N–H and O–H groups in total. The number of hydrogen-bond donors (Lipinski definition) is 0. The van der Waals surface area contributed by atoms with E-state index in [0.717, 1.165) is 16.9 Å². The monoisotopic (exact) mass is 343 g/mol. The fourth-order valence-corrected chi connectivity index (χ4v) is 3.86. The van der Waals surface area contributed by atoms with Gasteiger partial charge in [0.2, 0.25) is 0 Å². The molecule has 1 heterocycles. The van der Waals surface area contributed by atoms with Gasteiger partial charge in [-0.3, -0.25) is 0 Å². The van der Waals surface area contributed by atoms with Crippen LogP contribution < -0.4 is 4.90 Å². The van der Waals surface area contributed by atoms with Crippen LogP contribution in [0.5, 0.6) is 0 Å². The third-order valence-corrected chi connectivity index (χ3v) is 5.23. The molecule has 132 valence electrons. The molecular weight excluding hydrogens is 318 g/mol. The minimum absolute atomic E-state index is 0.430. The van der Waals surface area contributed by atoms with Gasteiger partial charge in [-0.1, -0.05) is 61.9 Å². The minimum Gasteiger partial charge on any atom is -0.454 e. The van der Waals surface area contributed by atoms with Gasteiger partial charge in [-0.05, 0) is 43.0 Å². The second kappa shape index (κ2) is 6.21. The molecule has 0 radical (unpaired) electrons. The smallest absolute Gasteiger partial charge is 0.159 e. The molecule has 0 aliphatic rings. The van der Waals surface area contributed by atoms with Gasteiger partial charge in [-0.25, -0.2) is 0 Å². The van der Waals surface area contributed by atoms with Crippen LogP contribution in [0.2, 0.25) is 0 Å². The lowest BCUT2D eigenvalue weighted by Gasteiger charge is -2.22. The Kier molecular flexibility index (Phi) is 3.99. The number of aryl methyl sites for hydroxylation is 2. The van der Waals surface area contributed by atoms with Crippen molar-refractivity contribution < 1.29 is 4.42 Å². The van der Waals surface area contributed by atoms with Crippen molar-refractivity contribution >= 4 is 33.3 Å². The van der Waals surface area contributed by atoms with Crippen LogP contribution >= 0.6 is 0 Å². The van der Waals surface area contributed by atoms with Crippen molar-refractivity contribution in [2.75, 3.05) is 11.9 Å². The molecule has 0 aliphatic heterocycles. The second-order valence-corrected chi connectivity index (χ2v) is 7.48. The molecule has 0 spiro atoms. The van der Waals surface area contributed by atoms with Crippen LogP contribution in [0.1, 0.15) is 36.5 Å². The zero-order valence-corrected chi connectivity index (χ0v) is 16.1. The van der Waals surface area contributed by atoms with Crippen molar-refractivity contribution in [3.8, 4) is 0 Å². The predicted molar refractivity (Wildman–Crippen MR) is 112 cm³/mol. The normalized spacial score (nSPS) is 11.6. The van der Waals surface area contributed by atoms with E-state index in [0.29, 0.717) is 5.92 Å². The summed E-state index contributed by atoms with van der Waals surface area (Å²) in [7, 11) is 2.11. The number of para-hydroxylation sites is 2. The summed E-state index contributed by atoms with van der Waals surface area (Å²) < 4.78 is 6.44. The van der Waals surface area contributed by atoms with Crippen molar-refractivity contribution in [1.82, 2.24) is 0 Å². The van der Waals surface area contributed by atoms with Gasteiger partial charge in [0.1, 0.15) is 5.58 Å². The Morgan fingerprint density at radius 3 is 2.19 bits per heavy atom. The van der Waals surface area contributed by atoms with Gasteiger partial charge < -0.3 is 9.32 Å². The molecule has 0 saturated heterocycles. The molecular formula is C24H25NO. The molecule has 4 aromatic rings. The standard InChI is InChI=1S/C24H25NO/c1-15(2)18-8-6-9-19-20-10-7-11-22(24(20)26-23(18)19)25(5)21-13-12-16(3)14-17(21)4/h6-15H,1-5H3. The van der Waals surface area contributed by atoms with Crippen molar-refractivity contribution in [1.29, 1.82) is 0 Å². The van der Waals surface area contributed by atoms with Crippen molar-refractivity contribution in [2.45, 2.75) is 33.6 Å². The first-order valence-electron chi connectivity index (χ1n) is 9.22. The second-order valence-electron chi connectivity index (χ2n) is 7.48. The van der Waals surface area contributed by atoms with E-state index < -0.39 is 0 Å². The van der Waals surface area contributed by atoms with Crippen LogP contribution in [0.15, 0.2) is 59.0 Å². The van der Waals surface area contributed by atoms with Crippen LogP contribution in [0, 0.1) is 13.8 Å². The summed E-state index contributed by atoms with van der Waals surface area (Å²) >= 11 is 0. The molecule has 4 rings (SSSR count). The maximum atomic E-state index is 6.44. The number of fused-ring (bicyclic) bond motifs is 3. The number of anilines is 2. The van der Waals surface area contributed by atoms with Crippen LogP contribution in [0.25, 0.3) is 21.9 Å². The highest BCUT2D eigenvalue weighted by atomic mass is 16.3. The topological polar surface area (TPSA) is 16.4 Å². The third kappa shape index (κ3) is 2.57. The summed E-state index contributed by atoms with van der Waals surface area (Å²) in [5.41, 5.74) is 8.08. The highest BCUT2D eigenvalue weighted by molar-refractivity contribution is 6.10. The number of nitrogens with zero attached hydrogens (tertiary/aromatic N) is 1. The van der Waals surface area contributed by atoms with Crippen LogP contribution in [-0.4, -0.2) is 7.05 Å². The molecule has 1 aromatic heterocycles. The first-order chi connectivity index (χ1) is 12.5. The highest BCUT2D eigenvalue weighted by Gasteiger charge is 2.17. The minimum atomic E-state index is 0.430. The molecule has 2 nitrogen and oxygen atoms in total. The lowest BCUT2D eigenvalue weighted by atomic mass is 10.0. The van der Waals surface area contributed by atoms with E-state index in [4.69, 9.17) is 4.42 Å². The molecule has 0 aliphatic carbocycles. The molecule has 2 heteroatoms. The SMILES string of the molecule is Cc1ccc(N(C)c2cccc3c2oc2c(C(C)C)cccc23)c(C)c1. The Morgan fingerprint density at radius 1 is 0.808 bits per heavy atom. The molecule has 0 fully saturated rings. The zero-order chi connectivity index (χ0) is 18.4. The van der Waals surface area contributed by atoms with Crippen molar-refractivity contribution in [2.24, 2.45) is 0 Å². The zero-order valence-electron chi connectivity index (χ0n) is 16.1. The van der Waals surface area contributed by atoms with E-state index >= 15 is 0 Å². The fourth-order valence-electron chi connectivity index (χ4n) is 3.86. The first kappa shape index (κ1) is 16.7. The fraction of sp³-hybridized carbons (Fsp3) is 0.250. The molecule has 3 aromatic carbocycles. The molecule has 26 heavy (non-hydrogen) atoms. The van der Waals surface area contributed by atoms with Crippen LogP contribution in [-0.2, 0) is 0 Å². The predicted octanol–water partition coefficient (Wildman–Crippen LogP) is 7.09. The van der Waals surface area contributed by atoms with E-state index in [1.807, 2.05) is 0 Å². The molecule has 0 atom stereocenters. The summed E-state index contributed by atoms with van der Waals surface area (Å²) in [6.07, 6.45) is 0. The van der Waals surface area contributed by atoms with E-state index in [1.165, 1.54) is 33.2 Å². The Bertz CT molecular complexity index is 1100. The van der Waals surface area contributed by atoms with E-state index in [2.05, 4.69) is 94.2 Å². The van der Waals surface area contributed by atoms with Crippen molar-refractivity contribution in [3.63, 3.8) is 0 Å². The molecule has 0 bridgehead atoms. The highest BCUT2D eigenvalue weighted by Crippen LogP contribution is 2.40. The summed E-state index contributed by atoms with van der Waals surface area (Å²) in [5, 5.41) is 2.37. The Hall–Kier alpha value is -2.74. The number of hydrogen-bond acceptors (Lipinski definition) is 2. The van der Waals surface area contributed by atoms with E-state index in [1.54, 1.807) is 0 Å². The first-order valence-corrected chi connectivity index (χ1v) is 9.22. The molecule has 0 amide bonds. The lowest BCUT2D eigenvalue weighted by Crippen LogP contribution is -2.11. The van der Waals surface area contributed by atoms with Crippen LogP contribution in [0.3, 0.4) is 0 Å². The third-order valence-electron chi connectivity index (χ3n) is 5.23. The molecule has 0 saturated carbocycles. The summed E-state index contributed by atoms with van der Waals surface area (Å²) in [4.78, 5) is 2.23. The number of rotatable bonds is 3. The van der Waals surface area contributed by atoms with Gasteiger partial charge in [0.25, 0.3) is 0 Å². The lowest BCUT2D eigenvalue weighted by molar-refractivity contribution is 0.657. The van der Waals surface area contributed by atoms with Gasteiger partial charge >= 0.3 is 0 Å². The number of furan rings is 1. The average Bonchev–Trinajstić information content (AvgIpc) is 2.99. The maximum Gasteiger partial charge on any atom is 0.159 e. The van der Waals surface area contributed by atoms with E-state index in [-0.39, 0.29) is 0 Å². The Morgan fingerprint density at radius 2 is 1.50 bits per heavy atom. The number of benzene rings is 3. The summed E-state index contributed by atoms with van der Waals surface area (Å²) in [6.45, 7) is 8.72. The van der Waals surface area contributed by atoms with Gasteiger partial charge in [-0.15, -0.1) is 0 Å². The van der Waals surface area contributed by atoms with Gasteiger partial charge in [0, 0.05) is 23.5 Å². The largest absolute Gasteiger partial charge is 0.454 e. The van der Waals surface area contributed by atoms with E-state index in [9.17, 15) is 0 Å². The van der Waals surface area contributed by atoms with Crippen LogP contribution in [0.4, 0.5) is 11.4 Å². The molecule has 0 unspecified atom stereocenters. The summed E-state index contributed by atoms with van der Waals surface area (Å²) in [5.74, 6) is 0.430. The van der Waals surface area contributed by atoms with Gasteiger partial charge in [-0.2, -0.15) is 0 Å². The summed E-state index contributed by atoms with van der Waals surface area (Å²) in [6, 6.07) is 19.4. The quantitative estimate of drug-likeness (QED) is 0.394.